The van der Waals surface area contributed by atoms with Gasteiger partial charge in [0, 0.05) is 12.4 Å². The van der Waals surface area contributed by atoms with E-state index in [1.54, 1.807) is 25.5 Å². The summed E-state index contributed by atoms with van der Waals surface area (Å²) < 4.78 is 4.93. The summed E-state index contributed by atoms with van der Waals surface area (Å²) in [5.74, 6) is 0.802. The summed E-state index contributed by atoms with van der Waals surface area (Å²) in [5, 5.41) is 3.74. The molecule has 0 aliphatic carbocycles. The monoisotopic (exact) mass is 191 g/mol. The van der Waals surface area contributed by atoms with Gasteiger partial charge in [0.25, 0.3) is 0 Å². The normalized spacial score (nSPS) is 12.7. The zero-order valence-electron chi connectivity index (χ0n) is 7.58. The Balaban J connectivity index is 2.34. The third kappa shape index (κ3) is 1.60. The smallest absolute Gasteiger partial charge is 0.243 e. The third-order valence-corrected chi connectivity index (χ3v) is 1.62. The van der Waals surface area contributed by atoms with Crippen LogP contribution in [0.4, 0.5) is 0 Å². The maximum absolute atomic E-state index is 5.57. The quantitative estimate of drug-likeness (QED) is 0.745. The number of aromatic nitrogens is 4. The van der Waals surface area contributed by atoms with Crippen LogP contribution in [-0.2, 0) is 0 Å². The molecule has 2 aromatic rings. The minimum Gasteiger partial charge on any atom is -0.337 e. The van der Waals surface area contributed by atoms with Crippen LogP contribution in [0, 0.1) is 0 Å². The van der Waals surface area contributed by atoms with Gasteiger partial charge in [-0.25, -0.2) is 4.98 Å². The first kappa shape index (κ1) is 8.76. The summed E-state index contributed by atoms with van der Waals surface area (Å²) in [6.45, 7) is 1.77. The molecule has 0 saturated heterocycles. The summed E-state index contributed by atoms with van der Waals surface area (Å²) in [6.07, 6.45) is 4.71. The van der Waals surface area contributed by atoms with Crippen LogP contribution in [0.15, 0.2) is 23.1 Å². The topological polar surface area (TPSA) is 90.7 Å². The van der Waals surface area contributed by atoms with Crippen LogP contribution < -0.4 is 5.73 Å². The number of nitrogens with two attached hydrogens (primary N) is 1. The predicted molar refractivity (Wildman–Crippen MR) is 47.9 cm³/mol. The number of nitrogens with zero attached hydrogens (tertiary/aromatic N) is 4. The molecule has 6 nitrogen and oxygen atoms in total. The maximum Gasteiger partial charge on any atom is 0.243 e. The predicted octanol–water partition coefficient (Wildman–Crippen LogP) is 0.546. The second-order valence-electron chi connectivity index (χ2n) is 2.84. The highest BCUT2D eigenvalue weighted by molar-refractivity contribution is 5.45. The average Bonchev–Trinajstić information content (AvgIpc) is 2.68. The largest absolute Gasteiger partial charge is 0.337 e. The molecule has 6 heteroatoms. The van der Waals surface area contributed by atoms with Gasteiger partial charge < -0.3 is 10.3 Å². The van der Waals surface area contributed by atoms with Gasteiger partial charge in [-0.2, -0.15) is 4.98 Å². The molecule has 0 aliphatic rings. The molecule has 2 rings (SSSR count). The zero-order chi connectivity index (χ0) is 9.97. The molecule has 0 spiro atoms. The van der Waals surface area contributed by atoms with Gasteiger partial charge in [-0.1, -0.05) is 5.16 Å². The molecule has 0 unspecified atom stereocenters. The van der Waals surface area contributed by atoms with Gasteiger partial charge in [0.05, 0.1) is 12.2 Å². The lowest BCUT2D eigenvalue weighted by Crippen LogP contribution is -2.04. The standard InChI is InChI=1S/C8H9N5O/c1-5(9)8-12-7(13-14-8)6-4-10-2-3-11-6/h2-5H,9H2,1H3/t5-/m1/s1. The fraction of sp³-hybridized carbons (Fsp3) is 0.250. The van der Waals surface area contributed by atoms with Gasteiger partial charge in [0.2, 0.25) is 11.7 Å². The van der Waals surface area contributed by atoms with Gasteiger partial charge >= 0.3 is 0 Å². The average molecular weight is 191 g/mol. The molecule has 2 aromatic heterocycles. The molecular formula is C8H9N5O. The molecule has 1 atom stereocenters. The fourth-order valence-electron chi connectivity index (χ4n) is 0.939. The minimum absolute atomic E-state index is 0.270. The molecule has 0 fully saturated rings. The van der Waals surface area contributed by atoms with E-state index < -0.39 is 0 Å². The van der Waals surface area contributed by atoms with E-state index in [0.717, 1.165) is 0 Å². The molecule has 2 N–H and O–H groups in total. The molecule has 72 valence electrons. The molecule has 0 amide bonds. The van der Waals surface area contributed by atoms with Gasteiger partial charge in [0.1, 0.15) is 5.69 Å². The number of hydrogen-bond acceptors (Lipinski definition) is 6. The molecule has 0 bridgehead atoms. The second kappa shape index (κ2) is 3.51. The van der Waals surface area contributed by atoms with Crippen LogP contribution in [0.3, 0.4) is 0 Å². The van der Waals surface area contributed by atoms with Crippen LogP contribution in [0.5, 0.6) is 0 Å². The maximum atomic E-state index is 5.57. The molecule has 0 radical (unpaired) electrons. The van der Waals surface area contributed by atoms with Crippen molar-refractivity contribution in [3.05, 3.63) is 24.5 Å². The Morgan fingerprint density at radius 2 is 2.29 bits per heavy atom. The Hall–Kier alpha value is -1.82. The highest BCUT2D eigenvalue weighted by Gasteiger charge is 2.12. The van der Waals surface area contributed by atoms with Crippen molar-refractivity contribution < 1.29 is 4.52 Å². The lowest BCUT2D eigenvalue weighted by atomic mass is 10.3. The Labute approximate surface area is 80.2 Å². The van der Waals surface area contributed by atoms with E-state index >= 15 is 0 Å². The lowest BCUT2D eigenvalue weighted by molar-refractivity contribution is 0.362. The minimum atomic E-state index is -0.270. The summed E-state index contributed by atoms with van der Waals surface area (Å²) >= 11 is 0. The Bertz CT molecular complexity index is 411. The van der Waals surface area contributed by atoms with Crippen molar-refractivity contribution in [2.45, 2.75) is 13.0 Å². The van der Waals surface area contributed by atoms with Crippen LogP contribution in [0.25, 0.3) is 11.5 Å². The van der Waals surface area contributed by atoms with Crippen LogP contribution >= 0.6 is 0 Å². The van der Waals surface area contributed by atoms with Crippen molar-refractivity contribution in [3.8, 4) is 11.5 Å². The molecule has 0 saturated carbocycles. The van der Waals surface area contributed by atoms with Crippen LogP contribution in [-0.4, -0.2) is 20.1 Å². The zero-order valence-corrected chi connectivity index (χ0v) is 7.58. The second-order valence-corrected chi connectivity index (χ2v) is 2.84. The Kier molecular flexibility index (Phi) is 2.19. The summed E-state index contributed by atoms with van der Waals surface area (Å²) in [6, 6.07) is -0.270. The van der Waals surface area contributed by atoms with Gasteiger partial charge in [-0.3, -0.25) is 4.98 Å². The molecule has 2 heterocycles. The molecule has 14 heavy (non-hydrogen) atoms. The van der Waals surface area contributed by atoms with E-state index in [0.29, 0.717) is 17.4 Å². The first-order valence-corrected chi connectivity index (χ1v) is 4.13. The van der Waals surface area contributed by atoms with Crippen LogP contribution in [0.1, 0.15) is 18.9 Å². The van der Waals surface area contributed by atoms with Crippen molar-refractivity contribution in [1.82, 2.24) is 20.1 Å². The summed E-state index contributed by atoms with van der Waals surface area (Å²) in [4.78, 5) is 12.0. The first-order valence-electron chi connectivity index (χ1n) is 4.13. The SMILES string of the molecule is C[C@@H](N)c1nc(-c2cnccn2)no1. The van der Waals surface area contributed by atoms with Gasteiger partial charge in [0.15, 0.2) is 0 Å². The van der Waals surface area contributed by atoms with Crippen molar-refractivity contribution in [2.75, 3.05) is 0 Å². The lowest BCUT2D eigenvalue weighted by Gasteiger charge is -1.93. The van der Waals surface area contributed by atoms with Crippen LogP contribution in [0.2, 0.25) is 0 Å². The molecule has 0 aliphatic heterocycles. The van der Waals surface area contributed by atoms with E-state index in [1.165, 1.54) is 0 Å². The summed E-state index contributed by atoms with van der Waals surface area (Å²) in [7, 11) is 0. The Morgan fingerprint density at radius 1 is 1.43 bits per heavy atom. The van der Waals surface area contributed by atoms with Crippen molar-refractivity contribution in [1.29, 1.82) is 0 Å². The van der Waals surface area contributed by atoms with E-state index in [4.69, 9.17) is 10.3 Å². The van der Waals surface area contributed by atoms with E-state index in [-0.39, 0.29) is 6.04 Å². The number of rotatable bonds is 2. The van der Waals surface area contributed by atoms with E-state index in [2.05, 4.69) is 20.1 Å². The van der Waals surface area contributed by atoms with Crippen molar-refractivity contribution in [2.24, 2.45) is 5.73 Å². The Morgan fingerprint density at radius 3 is 2.86 bits per heavy atom. The highest BCUT2D eigenvalue weighted by atomic mass is 16.5. The fourth-order valence-corrected chi connectivity index (χ4v) is 0.939. The van der Waals surface area contributed by atoms with Crippen molar-refractivity contribution in [3.63, 3.8) is 0 Å². The van der Waals surface area contributed by atoms with E-state index in [1.807, 2.05) is 0 Å². The third-order valence-electron chi connectivity index (χ3n) is 1.62. The molecule has 0 aromatic carbocycles. The first-order chi connectivity index (χ1) is 6.77. The van der Waals surface area contributed by atoms with E-state index in [9.17, 15) is 0 Å². The summed E-state index contributed by atoms with van der Waals surface area (Å²) in [5.41, 5.74) is 6.15. The van der Waals surface area contributed by atoms with Crippen molar-refractivity contribution >= 4 is 0 Å². The molecular weight excluding hydrogens is 182 g/mol. The highest BCUT2D eigenvalue weighted by Crippen LogP contribution is 2.13. The number of hydrogen-bond donors (Lipinski definition) is 1. The van der Waals surface area contributed by atoms with Gasteiger partial charge in [-0.15, -0.1) is 0 Å². The van der Waals surface area contributed by atoms with Gasteiger partial charge in [-0.05, 0) is 6.92 Å².